The van der Waals surface area contributed by atoms with Crippen LogP contribution in [0.3, 0.4) is 0 Å². The molecule has 0 aromatic heterocycles. The van der Waals surface area contributed by atoms with Gasteiger partial charge >= 0.3 is 0 Å². The largest absolute Gasteiger partial charge is 0.384 e. The molecule has 0 aromatic rings. The van der Waals surface area contributed by atoms with E-state index in [0.29, 0.717) is 6.42 Å². The summed E-state index contributed by atoms with van der Waals surface area (Å²) in [6, 6.07) is 0. The first-order valence-electron chi connectivity index (χ1n) is 4.78. The predicted octanol–water partition coefficient (Wildman–Crippen LogP) is 1.23. The van der Waals surface area contributed by atoms with Gasteiger partial charge in [-0.05, 0) is 31.8 Å². The highest BCUT2D eigenvalue weighted by Gasteiger charge is 2.20. The molecule has 1 atom stereocenters. The molecule has 1 unspecified atom stereocenters. The zero-order valence-electron chi connectivity index (χ0n) is 7.79. The quantitative estimate of drug-likeness (QED) is 0.435. The SMILES string of the molecule is OCC#CC1(O)/C=C\CCCCC1. The Morgan fingerprint density at radius 1 is 1.31 bits per heavy atom. The second-order valence-corrected chi connectivity index (χ2v) is 3.39. The highest BCUT2D eigenvalue weighted by atomic mass is 16.3. The molecule has 1 rings (SSSR count). The number of rotatable bonds is 0. The molecule has 13 heavy (non-hydrogen) atoms. The summed E-state index contributed by atoms with van der Waals surface area (Å²) in [6.07, 6.45) is 8.77. The third-order valence-electron chi connectivity index (χ3n) is 2.21. The molecule has 2 nitrogen and oxygen atoms in total. The lowest BCUT2D eigenvalue weighted by Crippen LogP contribution is -2.24. The zero-order chi connectivity index (χ0) is 9.57. The van der Waals surface area contributed by atoms with Gasteiger partial charge in [-0.2, -0.15) is 0 Å². The molecule has 0 spiro atoms. The molecule has 0 saturated carbocycles. The van der Waals surface area contributed by atoms with E-state index in [1.807, 2.05) is 6.08 Å². The van der Waals surface area contributed by atoms with Gasteiger partial charge in [-0.3, -0.25) is 0 Å². The lowest BCUT2D eigenvalue weighted by molar-refractivity contribution is 0.136. The monoisotopic (exact) mass is 180 g/mol. The fraction of sp³-hybridized carbons (Fsp3) is 0.636. The maximum Gasteiger partial charge on any atom is 0.144 e. The maximum absolute atomic E-state index is 9.94. The molecule has 0 radical (unpaired) electrons. The van der Waals surface area contributed by atoms with Crippen molar-refractivity contribution in [1.29, 1.82) is 0 Å². The summed E-state index contributed by atoms with van der Waals surface area (Å²) in [5.74, 6) is 5.20. The van der Waals surface area contributed by atoms with Crippen LogP contribution in [0, 0.1) is 11.8 Å². The number of hydrogen-bond acceptors (Lipinski definition) is 2. The Kier molecular flexibility index (Phi) is 4.01. The molecule has 1 aliphatic carbocycles. The van der Waals surface area contributed by atoms with Crippen molar-refractivity contribution in [3.05, 3.63) is 12.2 Å². The average Bonchev–Trinajstić information content (AvgIpc) is 2.09. The van der Waals surface area contributed by atoms with E-state index in [-0.39, 0.29) is 6.61 Å². The third kappa shape index (κ3) is 3.63. The van der Waals surface area contributed by atoms with Gasteiger partial charge in [0.1, 0.15) is 12.2 Å². The Balaban J connectivity index is 2.66. The molecule has 0 aromatic carbocycles. The maximum atomic E-state index is 9.94. The Labute approximate surface area is 79.3 Å². The molecule has 2 heteroatoms. The normalized spacial score (nSPS) is 30.9. The van der Waals surface area contributed by atoms with Gasteiger partial charge in [-0.25, -0.2) is 0 Å². The van der Waals surface area contributed by atoms with Gasteiger partial charge in [0.05, 0.1) is 0 Å². The number of aliphatic hydroxyl groups excluding tert-OH is 1. The Morgan fingerprint density at radius 2 is 2.15 bits per heavy atom. The van der Waals surface area contributed by atoms with Crippen LogP contribution in [0.1, 0.15) is 32.1 Å². The van der Waals surface area contributed by atoms with Crippen LogP contribution < -0.4 is 0 Å². The summed E-state index contributed by atoms with van der Waals surface area (Å²) < 4.78 is 0. The first-order valence-corrected chi connectivity index (χ1v) is 4.78. The van der Waals surface area contributed by atoms with E-state index in [9.17, 15) is 5.11 Å². The van der Waals surface area contributed by atoms with Crippen LogP contribution in [0.2, 0.25) is 0 Å². The average molecular weight is 180 g/mol. The summed E-state index contributed by atoms with van der Waals surface area (Å²) in [7, 11) is 0. The molecule has 0 heterocycles. The third-order valence-corrected chi connectivity index (χ3v) is 2.21. The first-order chi connectivity index (χ1) is 6.27. The van der Waals surface area contributed by atoms with Gasteiger partial charge in [-0.15, -0.1) is 0 Å². The topological polar surface area (TPSA) is 40.5 Å². The highest BCUT2D eigenvalue weighted by Crippen LogP contribution is 2.20. The standard InChI is InChI=1S/C11H16O2/c12-10-6-9-11(13)7-4-2-1-3-5-8-11/h4,7,12-13H,1-3,5,8,10H2/b7-4-. The van der Waals surface area contributed by atoms with Crippen molar-refractivity contribution in [3.8, 4) is 11.8 Å². The molecule has 0 saturated heterocycles. The van der Waals surface area contributed by atoms with E-state index in [1.165, 1.54) is 6.42 Å². The summed E-state index contributed by atoms with van der Waals surface area (Å²) >= 11 is 0. The van der Waals surface area contributed by atoms with Crippen molar-refractivity contribution in [2.45, 2.75) is 37.7 Å². The smallest absolute Gasteiger partial charge is 0.144 e. The second kappa shape index (κ2) is 5.06. The fourth-order valence-electron chi connectivity index (χ4n) is 1.49. The first kappa shape index (κ1) is 10.3. The molecule has 2 N–H and O–H groups in total. The molecule has 0 amide bonds. The summed E-state index contributed by atoms with van der Waals surface area (Å²) in [5.41, 5.74) is -0.997. The van der Waals surface area contributed by atoms with Crippen LogP contribution in [0.4, 0.5) is 0 Å². The number of hydrogen-bond donors (Lipinski definition) is 2. The van der Waals surface area contributed by atoms with Crippen LogP contribution >= 0.6 is 0 Å². The molecule has 72 valence electrons. The van der Waals surface area contributed by atoms with Crippen molar-refractivity contribution in [3.63, 3.8) is 0 Å². The Bertz CT molecular complexity index is 234. The van der Waals surface area contributed by atoms with Gasteiger partial charge in [0, 0.05) is 0 Å². The summed E-state index contributed by atoms with van der Waals surface area (Å²) in [4.78, 5) is 0. The van der Waals surface area contributed by atoms with E-state index in [1.54, 1.807) is 6.08 Å². The molecule has 0 aliphatic heterocycles. The molecule has 0 fully saturated rings. The minimum Gasteiger partial charge on any atom is -0.384 e. The van der Waals surface area contributed by atoms with Gasteiger partial charge in [-0.1, -0.05) is 24.3 Å². The fourth-order valence-corrected chi connectivity index (χ4v) is 1.49. The van der Waals surface area contributed by atoms with Crippen molar-refractivity contribution in [2.24, 2.45) is 0 Å². The number of allylic oxidation sites excluding steroid dienone is 1. The summed E-state index contributed by atoms with van der Waals surface area (Å²) in [6.45, 7) is -0.184. The van der Waals surface area contributed by atoms with Gasteiger partial charge in [0.2, 0.25) is 0 Å². The van der Waals surface area contributed by atoms with Crippen LogP contribution in [0.25, 0.3) is 0 Å². The highest BCUT2D eigenvalue weighted by molar-refractivity contribution is 5.22. The summed E-state index contributed by atoms with van der Waals surface area (Å²) in [5, 5.41) is 18.5. The van der Waals surface area contributed by atoms with Crippen LogP contribution in [-0.2, 0) is 0 Å². The minimum atomic E-state index is -0.997. The lowest BCUT2D eigenvalue weighted by atomic mass is 9.93. The zero-order valence-corrected chi connectivity index (χ0v) is 7.79. The number of aliphatic hydroxyl groups is 2. The second-order valence-electron chi connectivity index (χ2n) is 3.39. The van der Waals surface area contributed by atoms with Crippen LogP contribution in [-0.4, -0.2) is 22.4 Å². The molecular weight excluding hydrogens is 164 g/mol. The van der Waals surface area contributed by atoms with Gasteiger partial charge in [0.15, 0.2) is 0 Å². The van der Waals surface area contributed by atoms with Crippen molar-refractivity contribution in [2.75, 3.05) is 6.61 Å². The Hall–Kier alpha value is -0.780. The van der Waals surface area contributed by atoms with Gasteiger partial charge in [0.25, 0.3) is 0 Å². The molecule has 0 bridgehead atoms. The molecule has 1 aliphatic rings. The van der Waals surface area contributed by atoms with Crippen LogP contribution in [0.5, 0.6) is 0 Å². The van der Waals surface area contributed by atoms with Crippen LogP contribution in [0.15, 0.2) is 12.2 Å². The molecular formula is C11H16O2. The van der Waals surface area contributed by atoms with Crippen molar-refractivity contribution < 1.29 is 10.2 Å². The van der Waals surface area contributed by atoms with Gasteiger partial charge < -0.3 is 10.2 Å². The van der Waals surface area contributed by atoms with Crippen molar-refractivity contribution >= 4 is 0 Å². The van der Waals surface area contributed by atoms with E-state index in [0.717, 1.165) is 19.3 Å². The predicted molar refractivity (Wildman–Crippen MR) is 52.0 cm³/mol. The van der Waals surface area contributed by atoms with E-state index < -0.39 is 5.60 Å². The Morgan fingerprint density at radius 3 is 2.92 bits per heavy atom. The minimum absolute atomic E-state index is 0.184. The van der Waals surface area contributed by atoms with E-state index >= 15 is 0 Å². The van der Waals surface area contributed by atoms with Crippen molar-refractivity contribution in [1.82, 2.24) is 0 Å². The lowest BCUT2D eigenvalue weighted by Gasteiger charge is -2.19. The van der Waals surface area contributed by atoms with E-state index in [2.05, 4.69) is 11.8 Å². The van der Waals surface area contributed by atoms with E-state index in [4.69, 9.17) is 5.11 Å².